The van der Waals surface area contributed by atoms with Crippen molar-refractivity contribution in [1.82, 2.24) is 0 Å². The molecule has 0 aromatic carbocycles. The van der Waals surface area contributed by atoms with Gasteiger partial charge in [-0.3, -0.25) is 4.79 Å². The highest BCUT2D eigenvalue weighted by molar-refractivity contribution is 5.72. The van der Waals surface area contributed by atoms with Crippen LogP contribution in [0, 0.1) is 0 Å². The number of nitrogens with zero attached hydrogens (tertiary/aromatic N) is 3. The quantitative estimate of drug-likeness (QED) is 0.273. The number of nitrogens with two attached hydrogens (primary N) is 2. The SMILES string of the molecule is NCCCC[C@H](N)C(=O)O.O=C=NCC(N=C=O)N=C=O. The number of rotatable bonds is 9. The first-order valence-corrected chi connectivity index (χ1v) is 5.89. The summed E-state index contributed by atoms with van der Waals surface area (Å²) in [5.41, 5.74) is 10.4. The minimum Gasteiger partial charge on any atom is -0.480 e. The number of carboxylic acid groups (broad SMARTS) is 1. The summed E-state index contributed by atoms with van der Waals surface area (Å²) in [5.74, 6) is -0.933. The maximum atomic E-state index is 10.1. The Morgan fingerprint density at radius 3 is 2.05 bits per heavy atom. The third-order valence-corrected chi connectivity index (χ3v) is 2.01. The molecule has 0 saturated heterocycles. The highest BCUT2D eigenvalue weighted by atomic mass is 16.4. The molecule has 10 nitrogen and oxygen atoms in total. The van der Waals surface area contributed by atoms with Crippen molar-refractivity contribution in [3.63, 3.8) is 0 Å². The number of hydrogen-bond donors (Lipinski definition) is 3. The van der Waals surface area contributed by atoms with E-state index in [1.807, 2.05) is 0 Å². The first-order chi connectivity index (χ1) is 10.0. The molecule has 0 rings (SSSR count). The maximum Gasteiger partial charge on any atom is 0.320 e. The number of isocyanates is 3. The molecule has 0 aliphatic heterocycles. The lowest BCUT2D eigenvalue weighted by Crippen LogP contribution is -2.29. The van der Waals surface area contributed by atoms with Gasteiger partial charge in [-0.1, -0.05) is 6.42 Å². The fourth-order valence-electron chi connectivity index (χ4n) is 0.983. The Kier molecular flexibility index (Phi) is 15.5. The van der Waals surface area contributed by atoms with E-state index in [-0.39, 0.29) is 6.54 Å². The smallest absolute Gasteiger partial charge is 0.320 e. The number of carbonyl (C=O) groups is 1. The molecular formula is C11H17N5O5. The van der Waals surface area contributed by atoms with Crippen LogP contribution in [0.4, 0.5) is 0 Å². The van der Waals surface area contributed by atoms with Crippen LogP contribution in [-0.4, -0.2) is 54.6 Å². The Bertz CT molecular complexity index is 418. The van der Waals surface area contributed by atoms with Crippen molar-refractivity contribution in [1.29, 1.82) is 0 Å². The molecule has 116 valence electrons. The molecule has 0 aromatic heterocycles. The number of hydrogen-bond acceptors (Lipinski definition) is 9. The van der Waals surface area contributed by atoms with E-state index < -0.39 is 18.2 Å². The standard InChI is InChI=1S/C6H14N2O2.C5H3N3O3/c7-4-2-1-3-5(8)6(9)10;9-2-6-1-5(7-3-10)8-4-11/h5H,1-4,7-8H2,(H,9,10);5H,1H2/t5-;/m0./s1. The lowest BCUT2D eigenvalue weighted by atomic mass is 10.1. The van der Waals surface area contributed by atoms with Crippen LogP contribution in [0.2, 0.25) is 0 Å². The van der Waals surface area contributed by atoms with Gasteiger partial charge in [0.2, 0.25) is 18.2 Å². The zero-order valence-corrected chi connectivity index (χ0v) is 11.3. The van der Waals surface area contributed by atoms with Gasteiger partial charge in [0.1, 0.15) is 6.04 Å². The monoisotopic (exact) mass is 299 g/mol. The molecule has 0 unspecified atom stereocenters. The minimum atomic E-state index is -0.994. The van der Waals surface area contributed by atoms with Gasteiger partial charge in [0.25, 0.3) is 0 Å². The van der Waals surface area contributed by atoms with E-state index in [2.05, 4.69) is 15.0 Å². The zero-order chi connectivity index (χ0) is 16.5. The molecule has 1 atom stereocenters. The number of aliphatic carboxylic acids is 1. The molecule has 10 heteroatoms. The van der Waals surface area contributed by atoms with Crippen molar-refractivity contribution in [3.05, 3.63) is 0 Å². The molecule has 0 aromatic rings. The fourth-order valence-corrected chi connectivity index (χ4v) is 0.983. The van der Waals surface area contributed by atoms with Crippen LogP contribution in [0.15, 0.2) is 15.0 Å². The molecule has 0 heterocycles. The van der Waals surface area contributed by atoms with E-state index in [1.54, 1.807) is 0 Å². The predicted octanol–water partition coefficient (Wildman–Crippen LogP) is -1.15. The van der Waals surface area contributed by atoms with Crippen molar-refractivity contribution in [2.24, 2.45) is 26.4 Å². The largest absolute Gasteiger partial charge is 0.480 e. The maximum absolute atomic E-state index is 10.1. The number of carbonyl (C=O) groups excluding carboxylic acids is 3. The normalized spacial score (nSPS) is 11.3. The first-order valence-electron chi connectivity index (χ1n) is 5.89. The van der Waals surface area contributed by atoms with Crippen LogP contribution >= 0.6 is 0 Å². The van der Waals surface area contributed by atoms with E-state index in [9.17, 15) is 19.2 Å². The number of carboxylic acids is 1. The molecule has 0 radical (unpaired) electrons. The first kappa shape index (κ1) is 20.8. The highest BCUT2D eigenvalue weighted by Gasteiger charge is 2.09. The molecule has 0 fully saturated rings. The van der Waals surface area contributed by atoms with E-state index in [0.29, 0.717) is 13.0 Å². The molecule has 0 bridgehead atoms. The van der Waals surface area contributed by atoms with Gasteiger partial charge in [-0.15, -0.1) is 0 Å². The Morgan fingerprint density at radius 1 is 1.10 bits per heavy atom. The summed E-state index contributed by atoms with van der Waals surface area (Å²) in [4.78, 5) is 48.1. The van der Waals surface area contributed by atoms with Crippen LogP contribution in [0.25, 0.3) is 0 Å². The highest BCUT2D eigenvalue weighted by Crippen LogP contribution is 1.97. The Morgan fingerprint density at radius 2 is 1.67 bits per heavy atom. The Labute approximate surface area is 120 Å². The summed E-state index contributed by atoms with van der Waals surface area (Å²) in [6, 6.07) is -0.716. The van der Waals surface area contributed by atoms with E-state index in [0.717, 1.165) is 12.8 Å². The van der Waals surface area contributed by atoms with E-state index >= 15 is 0 Å². The van der Waals surface area contributed by atoms with Crippen LogP contribution in [0.5, 0.6) is 0 Å². The van der Waals surface area contributed by atoms with Crippen molar-refractivity contribution in [2.75, 3.05) is 13.1 Å². The molecule has 0 spiro atoms. The van der Waals surface area contributed by atoms with Gasteiger partial charge in [-0.25, -0.2) is 19.4 Å². The third kappa shape index (κ3) is 15.5. The molecule has 0 saturated carbocycles. The van der Waals surface area contributed by atoms with Crippen molar-refractivity contribution < 1.29 is 24.3 Å². The summed E-state index contributed by atoms with van der Waals surface area (Å²) in [6.07, 6.45) is 4.73. The van der Waals surface area contributed by atoms with E-state index in [4.69, 9.17) is 16.6 Å². The van der Waals surface area contributed by atoms with Gasteiger partial charge in [0.05, 0.1) is 6.54 Å². The van der Waals surface area contributed by atoms with Crippen LogP contribution in [0.3, 0.4) is 0 Å². The van der Waals surface area contributed by atoms with Gasteiger partial charge < -0.3 is 16.6 Å². The number of unbranched alkanes of at least 4 members (excludes halogenated alkanes) is 1. The minimum absolute atomic E-state index is 0.187. The summed E-state index contributed by atoms with van der Waals surface area (Å²) >= 11 is 0. The van der Waals surface area contributed by atoms with Crippen molar-refractivity contribution in [3.8, 4) is 0 Å². The van der Waals surface area contributed by atoms with Gasteiger partial charge in [-0.2, -0.15) is 9.98 Å². The average Bonchev–Trinajstić information content (AvgIpc) is 2.46. The molecule has 0 amide bonds. The van der Waals surface area contributed by atoms with Crippen LogP contribution in [0.1, 0.15) is 19.3 Å². The Balaban J connectivity index is 0. The second-order valence-electron chi connectivity index (χ2n) is 3.58. The Hall–Kier alpha value is -2.47. The molecule has 0 aliphatic rings. The summed E-state index contributed by atoms with van der Waals surface area (Å²) < 4.78 is 0. The van der Waals surface area contributed by atoms with Gasteiger partial charge in [0.15, 0.2) is 6.17 Å². The predicted molar refractivity (Wildman–Crippen MR) is 71.5 cm³/mol. The lowest BCUT2D eigenvalue weighted by Gasteiger charge is -2.03. The van der Waals surface area contributed by atoms with Crippen molar-refractivity contribution in [2.45, 2.75) is 31.5 Å². The third-order valence-electron chi connectivity index (χ3n) is 2.01. The van der Waals surface area contributed by atoms with Gasteiger partial charge in [0, 0.05) is 0 Å². The van der Waals surface area contributed by atoms with Crippen LogP contribution < -0.4 is 11.5 Å². The number of aliphatic imine (C=N–C) groups is 3. The average molecular weight is 299 g/mol. The zero-order valence-electron chi connectivity index (χ0n) is 11.3. The second-order valence-corrected chi connectivity index (χ2v) is 3.58. The molecule has 5 N–H and O–H groups in total. The summed E-state index contributed by atoms with van der Waals surface area (Å²) in [5, 5.41) is 8.33. The van der Waals surface area contributed by atoms with Gasteiger partial charge >= 0.3 is 5.97 Å². The summed E-state index contributed by atoms with van der Waals surface area (Å²) in [6.45, 7) is 0.417. The molecule has 0 aliphatic carbocycles. The fraction of sp³-hybridized carbons (Fsp3) is 0.636. The van der Waals surface area contributed by atoms with Crippen molar-refractivity contribution >= 4 is 24.2 Å². The molecular weight excluding hydrogens is 282 g/mol. The molecule has 21 heavy (non-hydrogen) atoms. The summed E-state index contributed by atoms with van der Waals surface area (Å²) in [7, 11) is 0. The van der Waals surface area contributed by atoms with E-state index in [1.165, 1.54) is 18.2 Å². The van der Waals surface area contributed by atoms with Crippen LogP contribution in [-0.2, 0) is 19.2 Å². The topological polar surface area (TPSA) is 178 Å². The lowest BCUT2D eigenvalue weighted by molar-refractivity contribution is -0.138. The second kappa shape index (κ2) is 15.6. The van der Waals surface area contributed by atoms with Gasteiger partial charge in [-0.05, 0) is 19.4 Å².